The molecule has 0 atom stereocenters. The van der Waals surface area contributed by atoms with Crippen molar-refractivity contribution in [2.24, 2.45) is 0 Å². The van der Waals surface area contributed by atoms with E-state index in [0.29, 0.717) is 11.1 Å². The monoisotopic (exact) mass is 538 g/mol. The van der Waals surface area contributed by atoms with E-state index in [-0.39, 0.29) is 11.9 Å². The molecule has 0 aliphatic carbocycles. The van der Waals surface area contributed by atoms with Gasteiger partial charge in [-0.1, -0.05) is 36.4 Å². The number of ether oxygens (including phenoxy) is 2. The average molecular weight is 539 g/mol. The minimum absolute atomic E-state index is 0.371. The Morgan fingerprint density at radius 1 is 0.625 bits per heavy atom. The zero-order valence-electron chi connectivity index (χ0n) is 23.2. The maximum Gasteiger partial charge on any atom is 0.342 e. The summed E-state index contributed by atoms with van der Waals surface area (Å²) in [6, 6.07) is 15.3. The van der Waals surface area contributed by atoms with E-state index in [9.17, 15) is 9.59 Å². The van der Waals surface area contributed by atoms with Gasteiger partial charge in [0.2, 0.25) is 0 Å². The summed E-state index contributed by atoms with van der Waals surface area (Å²) in [5.74, 6) is -0.743. The van der Waals surface area contributed by atoms with Gasteiger partial charge >= 0.3 is 11.9 Å². The van der Waals surface area contributed by atoms with E-state index in [1.165, 1.54) is 12.4 Å². The van der Waals surface area contributed by atoms with Crippen molar-refractivity contribution < 1.29 is 19.1 Å². The molecule has 10 heteroatoms. The van der Waals surface area contributed by atoms with Crippen molar-refractivity contribution in [2.45, 2.75) is 52.7 Å². The fourth-order valence-corrected chi connectivity index (χ4v) is 4.21. The van der Waals surface area contributed by atoms with Crippen molar-refractivity contribution in [2.75, 3.05) is 0 Å². The number of hydrogen-bond donors (Lipinski definition) is 0. The van der Waals surface area contributed by atoms with Crippen LogP contribution in [0.4, 0.5) is 0 Å². The van der Waals surface area contributed by atoms with Crippen LogP contribution < -0.4 is 0 Å². The second kappa shape index (κ2) is 10.0. The molecule has 4 aromatic heterocycles. The minimum atomic E-state index is -0.534. The van der Waals surface area contributed by atoms with Gasteiger partial charge in [0, 0.05) is 10.8 Å². The van der Waals surface area contributed by atoms with E-state index in [0.717, 1.165) is 32.8 Å². The molecule has 10 nitrogen and oxygen atoms in total. The molecule has 0 N–H and O–H groups in total. The molecule has 0 bridgehead atoms. The van der Waals surface area contributed by atoms with Crippen molar-refractivity contribution in [3.8, 4) is 0 Å². The molecule has 6 rings (SSSR count). The summed E-state index contributed by atoms with van der Waals surface area (Å²) < 4.78 is 14.1. The molecule has 0 saturated heterocycles. The first-order valence-electron chi connectivity index (χ1n) is 12.8. The minimum Gasteiger partial charge on any atom is -0.456 e. The third kappa shape index (κ3) is 5.47. The number of hydrogen-bond acceptors (Lipinski definition) is 8. The lowest BCUT2D eigenvalue weighted by atomic mass is 10.1. The maximum atomic E-state index is 12.3. The van der Waals surface area contributed by atoms with Gasteiger partial charge in [0.25, 0.3) is 0 Å². The van der Waals surface area contributed by atoms with Crippen molar-refractivity contribution in [1.29, 1.82) is 0 Å². The van der Waals surface area contributed by atoms with E-state index in [2.05, 4.69) is 20.2 Å². The summed E-state index contributed by atoms with van der Waals surface area (Å²) >= 11 is 0. The standard InChI is InChI=1S/2C15H15N3O2/c2*1-15(2,3)20-14(19)11-8-17-18-9-16-12-7-5-4-6-10(12)13(11)18/h2*4-9H,1-3H3. The Bertz CT molecular complexity index is 1740. The Labute approximate surface area is 230 Å². The lowest BCUT2D eigenvalue weighted by molar-refractivity contribution is 0.00592. The first-order chi connectivity index (χ1) is 18.9. The van der Waals surface area contributed by atoms with Gasteiger partial charge in [0.15, 0.2) is 0 Å². The van der Waals surface area contributed by atoms with E-state index >= 15 is 0 Å². The maximum absolute atomic E-state index is 12.3. The summed E-state index contributed by atoms with van der Waals surface area (Å²) in [6.45, 7) is 11.1. The topological polar surface area (TPSA) is 113 Å². The van der Waals surface area contributed by atoms with Crippen LogP contribution in [0.25, 0.3) is 32.8 Å². The Morgan fingerprint density at radius 2 is 1.00 bits per heavy atom. The number of esters is 2. The number of para-hydroxylation sites is 2. The zero-order valence-corrected chi connectivity index (χ0v) is 23.2. The van der Waals surface area contributed by atoms with E-state index in [4.69, 9.17) is 9.47 Å². The lowest BCUT2D eigenvalue weighted by Crippen LogP contribution is -2.23. The molecule has 0 amide bonds. The van der Waals surface area contributed by atoms with Crippen LogP contribution in [0.5, 0.6) is 0 Å². The smallest absolute Gasteiger partial charge is 0.342 e. The first kappa shape index (κ1) is 26.7. The summed E-state index contributed by atoms with van der Waals surface area (Å²) in [6.07, 6.45) is 6.26. The van der Waals surface area contributed by atoms with Crippen molar-refractivity contribution in [3.63, 3.8) is 0 Å². The predicted octanol–water partition coefficient (Wildman–Crippen LogP) is 5.68. The normalized spacial score (nSPS) is 11.9. The molecule has 6 aromatic rings. The summed E-state index contributed by atoms with van der Waals surface area (Å²) in [7, 11) is 0. The number of benzene rings is 2. The number of rotatable bonds is 2. The Balaban J connectivity index is 0.000000161. The molecule has 0 aliphatic heterocycles. The third-order valence-corrected chi connectivity index (χ3v) is 5.76. The van der Waals surface area contributed by atoms with Gasteiger partial charge in [-0.05, 0) is 53.7 Å². The number of carbonyl (C=O) groups is 2. The van der Waals surface area contributed by atoms with Crippen LogP contribution in [0.3, 0.4) is 0 Å². The largest absolute Gasteiger partial charge is 0.456 e. The van der Waals surface area contributed by atoms with E-state index in [1.807, 2.05) is 90.1 Å². The van der Waals surface area contributed by atoms with Crippen molar-refractivity contribution >= 4 is 44.8 Å². The number of aromatic nitrogens is 6. The van der Waals surface area contributed by atoms with Gasteiger partial charge < -0.3 is 9.47 Å². The van der Waals surface area contributed by atoms with Crippen molar-refractivity contribution in [3.05, 3.63) is 84.7 Å². The van der Waals surface area contributed by atoms with Crippen LogP contribution in [-0.2, 0) is 9.47 Å². The highest BCUT2D eigenvalue weighted by atomic mass is 16.6. The fourth-order valence-electron chi connectivity index (χ4n) is 4.21. The van der Waals surface area contributed by atoms with E-state index in [1.54, 1.807) is 21.7 Å². The quantitative estimate of drug-likeness (QED) is 0.259. The number of carbonyl (C=O) groups excluding carboxylic acids is 2. The van der Waals surface area contributed by atoms with Crippen LogP contribution in [0.2, 0.25) is 0 Å². The highest BCUT2D eigenvalue weighted by molar-refractivity contribution is 6.07. The Hall–Kier alpha value is -4.86. The SMILES string of the molecule is CC(C)(C)OC(=O)c1cnn2cnc3ccccc3c12.CC(C)(C)OC(=O)c1cnn2cnc3ccccc3c12. The summed E-state index contributed by atoms with van der Waals surface area (Å²) in [5, 5.41) is 10.1. The Morgan fingerprint density at radius 3 is 1.38 bits per heavy atom. The second-order valence-corrected chi connectivity index (χ2v) is 11.2. The molecule has 0 spiro atoms. The summed E-state index contributed by atoms with van der Waals surface area (Å²) in [5.41, 5.74) is 2.95. The fraction of sp³-hybridized carbons (Fsp3) is 0.267. The lowest BCUT2D eigenvalue weighted by Gasteiger charge is -2.19. The number of nitrogens with zero attached hydrogens (tertiary/aromatic N) is 6. The molecule has 204 valence electrons. The second-order valence-electron chi connectivity index (χ2n) is 11.2. The molecular formula is C30H30N6O4. The predicted molar refractivity (Wildman–Crippen MR) is 151 cm³/mol. The van der Waals surface area contributed by atoms with Gasteiger partial charge in [0.1, 0.15) is 35.0 Å². The van der Waals surface area contributed by atoms with E-state index < -0.39 is 11.2 Å². The van der Waals surface area contributed by atoms with Crippen LogP contribution >= 0.6 is 0 Å². The first-order valence-corrected chi connectivity index (χ1v) is 12.8. The molecule has 40 heavy (non-hydrogen) atoms. The molecular weight excluding hydrogens is 508 g/mol. The molecule has 2 aromatic carbocycles. The molecule has 0 radical (unpaired) electrons. The highest BCUT2D eigenvalue weighted by Crippen LogP contribution is 2.24. The molecule has 0 fully saturated rings. The van der Waals surface area contributed by atoms with Gasteiger partial charge in [-0.3, -0.25) is 0 Å². The molecule has 0 aliphatic rings. The van der Waals surface area contributed by atoms with Gasteiger partial charge in [-0.15, -0.1) is 0 Å². The number of fused-ring (bicyclic) bond motifs is 6. The Kier molecular flexibility index (Phi) is 6.70. The van der Waals surface area contributed by atoms with Gasteiger partial charge in [-0.25, -0.2) is 28.6 Å². The highest BCUT2D eigenvalue weighted by Gasteiger charge is 2.23. The molecule has 0 saturated carbocycles. The van der Waals surface area contributed by atoms with Gasteiger partial charge in [-0.2, -0.15) is 10.2 Å². The zero-order chi connectivity index (χ0) is 28.7. The van der Waals surface area contributed by atoms with Crippen molar-refractivity contribution in [1.82, 2.24) is 29.2 Å². The van der Waals surface area contributed by atoms with Crippen LogP contribution in [0.1, 0.15) is 62.3 Å². The molecule has 4 heterocycles. The third-order valence-electron chi connectivity index (χ3n) is 5.76. The van der Waals surface area contributed by atoms with Gasteiger partial charge in [0.05, 0.1) is 34.5 Å². The van der Waals surface area contributed by atoms with Crippen LogP contribution in [0, 0.1) is 0 Å². The summed E-state index contributed by atoms with van der Waals surface area (Å²) in [4.78, 5) is 33.2. The van der Waals surface area contributed by atoms with Crippen LogP contribution in [-0.4, -0.2) is 52.3 Å². The average Bonchev–Trinajstić information content (AvgIpc) is 3.52. The molecule has 0 unspecified atom stereocenters. The van der Waals surface area contributed by atoms with Crippen LogP contribution in [0.15, 0.2) is 73.6 Å².